The number of nitrogens with zero attached hydrogens (tertiary/aromatic N) is 3. The SMILES string of the molecule is C[C@H](Oc1cc(-c2n[nH]c(Nc3cnccn3)c2C(N)=O)ccc1NS(=O)(=O)CC(F)(F)F)c1ccc(Cl)cc1. The van der Waals surface area contributed by atoms with Crippen molar-refractivity contribution >= 4 is 44.9 Å². The van der Waals surface area contributed by atoms with E-state index in [1.807, 2.05) is 4.72 Å². The van der Waals surface area contributed by atoms with Gasteiger partial charge in [0.1, 0.15) is 34.7 Å². The Morgan fingerprint density at radius 2 is 1.90 bits per heavy atom. The first-order chi connectivity index (χ1) is 18.8. The van der Waals surface area contributed by atoms with Crippen molar-refractivity contribution < 1.29 is 31.1 Å². The van der Waals surface area contributed by atoms with Crippen molar-refractivity contribution in [3.8, 4) is 17.0 Å². The summed E-state index contributed by atoms with van der Waals surface area (Å²) in [6, 6.07) is 10.5. The number of aromatic nitrogens is 4. The summed E-state index contributed by atoms with van der Waals surface area (Å²) in [5.74, 6) is -2.70. The van der Waals surface area contributed by atoms with E-state index in [2.05, 4.69) is 25.5 Å². The first kappa shape index (κ1) is 28.6. The molecule has 4 aromatic rings. The Hall–Kier alpha value is -4.37. The Bertz CT molecular complexity index is 1620. The maximum Gasteiger partial charge on any atom is 0.404 e. The van der Waals surface area contributed by atoms with Crippen molar-refractivity contribution in [2.45, 2.75) is 19.2 Å². The highest BCUT2D eigenvalue weighted by Crippen LogP contribution is 2.37. The second-order valence-electron chi connectivity index (χ2n) is 8.40. The average molecular weight is 596 g/mol. The minimum atomic E-state index is -4.97. The number of sulfonamides is 1. The highest BCUT2D eigenvalue weighted by molar-refractivity contribution is 7.92. The number of anilines is 3. The molecule has 4 rings (SSSR count). The Morgan fingerprint density at radius 3 is 2.52 bits per heavy atom. The van der Waals surface area contributed by atoms with Gasteiger partial charge in [-0.25, -0.2) is 13.4 Å². The normalized spacial score (nSPS) is 12.5. The summed E-state index contributed by atoms with van der Waals surface area (Å²) in [5, 5.41) is 10.1. The number of nitrogens with one attached hydrogen (secondary N) is 3. The molecule has 0 spiro atoms. The molecule has 0 saturated heterocycles. The second kappa shape index (κ2) is 11.4. The van der Waals surface area contributed by atoms with Crippen LogP contribution in [-0.4, -0.2) is 46.4 Å². The Labute approximate surface area is 231 Å². The van der Waals surface area contributed by atoms with Crippen molar-refractivity contribution in [3.05, 3.63) is 77.2 Å². The van der Waals surface area contributed by atoms with Crippen LogP contribution in [0.5, 0.6) is 5.75 Å². The monoisotopic (exact) mass is 595 g/mol. The smallest absolute Gasteiger partial charge is 0.404 e. The third-order valence-corrected chi connectivity index (χ3v) is 6.84. The lowest BCUT2D eigenvalue weighted by atomic mass is 10.1. The summed E-state index contributed by atoms with van der Waals surface area (Å²) in [7, 11) is -4.84. The summed E-state index contributed by atoms with van der Waals surface area (Å²) in [5.41, 5.74) is 6.24. The standard InChI is InChI=1S/C24H21ClF3N7O4S/c1-13(14-2-5-16(25)6-3-14)39-18-10-15(4-7-17(18)35-40(37,38)12-24(26,27)28)21-20(22(29)36)23(34-33-21)32-19-11-30-8-9-31-19/h2-11,13,35H,12H2,1H3,(H2,29,36)(H2,31,32,33,34)/t13-/m0/s1. The number of rotatable bonds is 10. The lowest BCUT2D eigenvalue weighted by Crippen LogP contribution is -2.28. The molecular formula is C24H21ClF3N7O4S. The van der Waals surface area contributed by atoms with Crippen molar-refractivity contribution in [1.29, 1.82) is 0 Å². The van der Waals surface area contributed by atoms with Gasteiger partial charge in [0.05, 0.1) is 11.9 Å². The maximum atomic E-state index is 12.9. The molecule has 0 aliphatic heterocycles. The zero-order valence-corrected chi connectivity index (χ0v) is 22.1. The molecular weight excluding hydrogens is 575 g/mol. The summed E-state index contributed by atoms with van der Waals surface area (Å²) in [6.45, 7) is 1.65. The van der Waals surface area contributed by atoms with Crippen molar-refractivity contribution in [1.82, 2.24) is 20.2 Å². The fraction of sp³-hybridized carbons (Fsp3) is 0.167. The van der Waals surface area contributed by atoms with Crippen LogP contribution < -0.4 is 20.5 Å². The summed E-state index contributed by atoms with van der Waals surface area (Å²) >= 11 is 5.94. The van der Waals surface area contributed by atoms with Crippen LogP contribution in [0.15, 0.2) is 61.1 Å². The topological polar surface area (TPSA) is 165 Å². The van der Waals surface area contributed by atoms with E-state index < -0.39 is 34.0 Å². The van der Waals surface area contributed by atoms with Crippen LogP contribution in [0.3, 0.4) is 0 Å². The number of alkyl halides is 3. The molecule has 0 aliphatic rings. The molecule has 2 aromatic heterocycles. The molecule has 5 N–H and O–H groups in total. The molecule has 0 saturated carbocycles. The molecule has 0 fully saturated rings. The van der Waals surface area contributed by atoms with E-state index >= 15 is 0 Å². The number of hydrogen-bond acceptors (Lipinski definition) is 8. The summed E-state index contributed by atoms with van der Waals surface area (Å²) in [6.07, 6.45) is -1.39. The zero-order chi connectivity index (χ0) is 29.1. The van der Waals surface area contributed by atoms with Crippen molar-refractivity contribution in [2.75, 3.05) is 15.8 Å². The molecule has 0 aliphatic carbocycles. The number of benzene rings is 2. The summed E-state index contributed by atoms with van der Waals surface area (Å²) in [4.78, 5) is 20.4. The van der Waals surface area contributed by atoms with Crippen LogP contribution in [0.4, 0.5) is 30.5 Å². The third-order valence-electron chi connectivity index (χ3n) is 5.35. The molecule has 0 bridgehead atoms. The van der Waals surface area contributed by atoms with Crippen LogP contribution in [0, 0.1) is 0 Å². The van der Waals surface area contributed by atoms with Crippen molar-refractivity contribution in [3.63, 3.8) is 0 Å². The second-order valence-corrected chi connectivity index (χ2v) is 10.6. The quantitative estimate of drug-likeness (QED) is 0.203. The number of amides is 1. The van der Waals surface area contributed by atoms with Gasteiger partial charge in [-0.1, -0.05) is 29.8 Å². The number of H-pyrrole nitrogens is 1. The minimum Gasteiger partial charge on any atom is -0.484 e. The molecule has 0 radical (unpaired) electrons. The molecule has 16 heteroatoms. The number of aromatic amines is 1. The third kappa shape index (κ3) is 7.18. The van der Waals surface area contributed by atoms with E-state index in [-0.39, 0.29) is 39.9 Å². The van der Waals surface area contributed by atoms with Crippen molar-refractivity contribution in [2.24, 2.45) is 5.73 Å². The fourth-order valence-electron chi connectivity index (χ4n) is 3.64. The summed E-state index contributed by atoms with van der Waals surface area (Å²) < 4.78 is 70.9. The average Bonchev–Trinajstić information content (AvgIpc) is 3.28. The van der Waals surface area contributed by atoms with E-state index in [1.54, 1.807) is 31.2 Å². The molecule has 0 unspecified atom stereocenters. The van der Waals surface area contributed by atoms with Gasteiger partial charge in [-0.15, -0.1) is 0 Å². The fourth-order valence-corrected chi connectivity index (χ4v) is 4.77. The van der Waals surface area contributed by atoms with Gasteiger partial charge in [-0.2, -0.15) is 18.3 Å². The Morgan fingerprint density at radius 1 is 1.18 bits per heavy atom. The highest BCUT2D eigenvalue weighted by atomic mass is 35.5. The predicted molar refractivity (Wildman–Crippen MR) is 142 cm³/mol. The Kier molecular flexibility index (Phi) is 8.16. The minimum absolute atomic E-state index is 0.0623. The Balaban J connectivity index is 1.75. The molecule has 1 amide bonds. The van der Waals surface area contributed by atoms with E-state index in [1.165, 1.54) is 36.8 Å². The number of hydrogen-bond donors (Lipinski definition) is 4. The number of ether oxygens (including phenoxy) is 1. The van der Waals surface area contributed by atoms with Crippen LogP contribution >= 0.6 is 11.6 Å². The number of halogens is 4. The first-order valence-electron chi connectivity index (χ1n) is 11.4. The predicted octanol–water partition coefficient (Wildman–Crippen LogP) is 4.81. The van der Waals surface area contributed by atoms with Gasteiger partial charge in [0.2, 0.25) is 10.0 Å². The zero-order valence-electron chi connectivity index (χ0n) is 20.5. The van der Waals surface area contributed by atoms with E-state index in [4.69, 9.17) is 22.1 Å². The molecule has 210 valence electrons. The van der Waals surface area contributed by atoms with Crippen LogP contribution in [0.2, 0.25) is 5.02 Å². The van der Waals surface area contributed by atoms with Gasteiger partial charge in [0, 0.05) is 23.0 Å². The first-order valence-corrected chi connectivity index (χ1v) is 13.4. The lowest BCUT2D eigenvalue weighted by molar-refractivity contribution is -0.106. The number of nitrogens with two attached hydrogens (primary N) is 1. The van der Waals surface area contributed by atoms with Gasteiger partial charge >= 0.3 is 6.18 Å². The van der Waals surface area contributed by atoms with E-state index in [9.17, 15) is 26.4 Å². The molecule has 1 atom stereocenters. The van der Waals surface area contributed by atoms with Gasteiger partial charge < -0.3 is 15.8 Å². The van der Waals surface area contributed by atoms with E-state index in [0.29, 0.717) is 10.6 Å². The van der Waals surface area contributed by atoms with Gasteiger partial charge in [-0.3, -0.25) is 19.6 Å². The molecule has 2 aromatic carbocycles. The molecule has 11 nitrogen and oxygen atoms in total. The maximum absolute atomic E-state index is 12.9. The molecule has 40 heavy (non-hydrogen) atoms. The van der Waals surface area contributed by atoms with Gasteiger partial charge in [0.25, 0.3) is 5.91 Å². The largest absolute Gasteiger partial charge is 0.484 e. The highest BCUT2D eigenvalue weighted by Gasteiger charge is 2.35. The van der Waals surface area contributed by atoms with Gasteiger partial charge in [0.15, 0.2) is 5.75 Å². The number of primary amides is 1. The van der Waals surface area contributed by atoms with Crippen LogP contribution in [0.1, 0.15) is 28.9 Å². The molecule has 2 heterocycles. The van der Waals surface area contributed by atoms with Gasteiger partial charge in [-0.05, 0) is 36.8 Å². The number of carbonyl (C=O) groups is 1. The van der Waals surface area contributed by atoms with E-state index in [0.717, 1.165) is 0 Å². The van der Waals surface area contributed by atoms with Crippen LogP contribution in [-0.2, 0) is 10.0 Å². The lowest BCUT2D eigenvalue weighted by Gasteiger charge is -2.20. The number of carbonyl (C=O) groups excluding carboxylic acids is 1. The van der Waals surface area contributed by atoms with Crippen LogP contribution in [0.25, 0.3) is 11.3 Å².